The van der Waals surface area contributed by atoms with E-state index in [1.807, 2.05) is 13.8 Å². The predicted molar refractivity (Wildman–Crippen MR) is 51.6 cm³/mol. The van der Waals surface area contributed by atoms with E-state index in [1.54, 1.807) is 0 Å². The fraction of sp³-hybridized carbons (Fsp3) is 0.900. The summed E-state index contributed by atoms with van der Waals surface area (Å²) in [6, 6.07) is 0. The number of ether oxygens (including phenoxy) is 2. The molecule has 0 spiro atoms. The molecule has 78 valence electrons. The Bertz CT molecular complexity index is 125. The molecule has 0 bridgehead atoms. The van der Waals surface area contributed by atoms with Crippen LogP contribution in [0.2, 0.25) is 0 Å². The van der Waals surface area contributed by atoms with Gasteiger partial charge in [0.25, 0.3) is 0 Å². The average Bonchev–Trinajstić information content (AvgIpc) is 2.12. The van der Waals surface area contributed by atoms with Gasteiger partial charge in [0, 0.05) is 6.61 Å². The van der Waals surface area contributed by atoms with Crippen LogP contribution in [-0.2, 0) is 14.3 Å². The Hall–Kier alpha value is -0.410. The normalized spacial score (nSPS) is 15.3. The van der Waals surface area contributed by atoms with Crippen molar-refractivity contribution in [2.75, 3.05) is 6.61 Å². The first-order valence-corrected chi connectivity index (χ1v) is 4.96. The monoisotopic (exact) mass is 188 g/mol. The van der Waals surface area contributed by atoms with Crippen molar-refractivity contribution in [1.82, 2.24) is 0 Å². The minimum absolute atomic E-state index is 0.281. The van der Waals surface area contributed by atoms with E-state index in [0.29, 0.717) is 6.61 Å². The molecule has 0 aromatic rings. The van der Waals surface area contributed by atoms with E-state index in [4.69, 9.17) is 9.47 Å². The highest BCUT2D eigenvalue weighted by molar-refractivity contribution is 5.55. The van der Waals surface area contributed by atoms with E-state index in [-0.39, 0.29) is 12.4 Å². The summed E-state index contributed by atoms with van der Waals surface area (Å²) in [7, 11) is 0. The molecule has 0 amide bonds. The van der Waals surface area contributed by atoms with Gasteiger partial charge in [-0.15, -0.1) is 0 Å². The van der Waals surface area contributed by atoms with Gasteiger partial charge in [-0.25, -0.2) is 0 Å². The van der Waals surface area contributed by atoms with Gasteiger partial charge in [-0.2, -0.15) is 0 Å². The third kappa shape index (κ3) is 6.72. The zero-order valence-corrected chi connectivity index (χ0v) is 8.79. The summed E-state index contributed by atoms with van der Waals surface area (Å²) < 4.78 is 10.5. The molecule has 0 aromatic heterocycles. The number of hydrogen-bond acceptors (Lipinski definition) is 3. The molecule has 3 nitrogen and oxygen atoms in total. The largest absolute Gasteiger partial charge is 0.353 e. The maximum Gasteiger partial charge on any atom is 0.155 e. The molecular formula is C10H20O3. The lowest BCUT2D eigenvalue weighted by atomic mass is 10.2. The molecule has 0 heterocycles. The van der Waals surface area contributed by atoms with Gasteiger partial charge in [-0.1, -0.05) is 19.8 Å². The van der Waals surface area contributed by atoms with Crippen molar-refractivity contribution in [3.05, 3.63) is 0 Å². The van der Waals surface area contributed by atoms with Crippen molar-refractivity contribution >= 4 is 6.29 Å². The summed E-state index contributed by atoms with van der Waals surface area (Å²) >= 11 is 0. The maximum absolute atomic E-state index is 10.6. The SMILES string of the molecule is CCCCC(C=O)OC(C)OCC. The Morgan fingerprint density at radius 1 is 1.38 bits per heavy atom. The van der Waals surface area contributed by atoms with Crippen LogP contribution >= 0.6 is 0 Å². The maximum atomic E-state index is 10.6. The first-order chi connectivity index (χ1) is 6.24. The van der Waals surface area contributed by atoms with Crippen molar-refractivity contribution in [1.29, 1.82) is 0 Å². The van der Waals surface area contributed by atoms with Gasteiger partial charge in [0.05, 0.1) is 0 Å². The molecule has 0 rings (SSSR count). The molecule has 0 radical (unpaired) electrons. The van der Waals surface area contributed by atoms with Crippen LogP contribution in [0.4, 0.5) is 0 Å². The first kappa shape index (κ1) is 12.6. The Balaban J connectivity index is 3.62. The van der Waals surface area contributed by atoms with Crippen LogP contribution in [0.3, 0.4) is 0 Å². The molecule has 2 unspecified atom stereocenters. The third-order valence-electron chi connectivity index (χ3n) is 1.76. The highest BCUT2D eigenvalue weighted by atomic mass is 16.7. The van der Waals surface area contributed by atoms with E-state index in [9.17, 15) is 4.79 Å². The molecule has 0 N–H and O–H groups in total. The average molecular weight is 188 g/mol. The van der Waals surface area contributed by atoms with E-state index in [0.717, 1.165) is 25.5 Å². The number of hydrogen-bond donors (Lipinski definition) is 0. The summed E-state index contributed by atoms with van der Waals surface area (Å²) in [5.74, 6) is 0. The highest BCUT2D eigenvalue weighted by Crippen LogP contribution is 2.06. The van der Waals surface area contributed by atoms with Crippen LogP contribution in [0.25, 0.3) is 0 Å². The van der Waals surface area contributed by atoms with Crippen LogP contribution < -0.4 is 0 Å². The lowest BCUT2D eigenvalue weighted by Crippen LogP contribution is -2.23. The number of carbonyl (C=O) groups excluding carboxylic acids is 1. The Labute approximate surface area is 80.4 Å². The highest BCUT2D eigenvalue weighted by Gasteiger charge is 2.11. The van der Waals surface area contributed by atoms with Gasteiger partial charge < -0.3 is 14.3 Å². The number of carbonyl (C=O) groups is 1. The van der Waals surface area contributed by atoms with E-state index >= 15 is 0 Å². The van der Waals surface area contributed by atoms with Crippen molar-refractivity contribution in [3.8, 4) is 0 Å². The smallest absolute Gasteiger partial charge is 0.155 e. The zero-order chi connectivity index (χ0) is 10.1. The van der Waals surface area contributed by atoms with Gasteiger partial charge in [-0.05, 0) is 20.3 Å². The molecule has 0 aliphatic rings. The van der Waals surface area contributed by atoms with Crippen molar-refractivity contribution < 1.29 is 14.3 Å². The Kier molecular flexibility index (Phi) is 7.94. The summed E-state index contributed by atoms with van der Waals surface area (Å²) in [5.41, 5.74) is 0. The van der Waals surface area contributed by atoms with Crippen molar-refractivity contribution in [3.63, 3.8) is 0 Å². The van der Waals surface area contributed by atoms with Gasteiger partial charge in [0.2, 0.25) is 0 Å². The minimum atomic E-state index is -0.304. The summed E-state index contributed by atoms with van der Waals surface area (Å²) in [5, 5.41) is 0. The molecule has 0 fully saturated rings. The third-order valence-corrected chi connectivity index (χ3v) is 1.76. The van der Waals surface area contributed by atoms with Crippen LogP contribution in [0, 0.1) is 0 Å². The lowest BCUT2D eigenvalue weighted by Gasteiger charge is -2.17. The van der Waals surface area contributed by atoms with Gasteiger partial charge in [0.15, 0.2) is 6.29 Å². The van der Waals surface area contributed by atoms with Crippen molar-refractivity contribution in [2.24, 2.45) is 0 Å². The second-order valence-corrected chi connectivity index (χ2v) is 2.98. The van der Waals surface area contributed by atoms with Gasteiger partial charge in [-0.3, -0.25) is 0 Å². The quantitative estimate of drug-likeness (QED) is 0.432. The molecule has 0 saturated heterocycles. The molecule has 0 aliphatic heterocycles. The standard InChI is InChI=1S/C10H20O3/c1-4-6-7-10(8-11)13-9(3)12-5-2/h8-10H,4-7H2,1-3H3. The number of unbranched alkanes of at least 4 members (excludes halogenated alkanes) is 1. The summed E-state index contributed by atoms with van der Waals surface area (Å²) in [6.07, 6.45) is 3.15. The Morgan fingerprint density at radius 3 is 2.54 bits per heavy atom. The predicted octanol–water partition coefficient (Wildman–Crippen LogP) is 2.14. The molecule has 0 saturated carbocycles. The van der Waals surface area contributed by atoms with Gasteiger partial charge >= 0.3 is 0 Å². The molecule has 0 aromatic carbocycles. The Morgan fingerprint density at radius 2 is 2.08 bits per heavy atom. The van der Waals surface area contributed by atoms with Crippen LogP contribution in [0.5, 0.6) is 0 Å². The number of rotatable bonds is 8. The first-order valence-electron chi connectivity index (χ1n) is 4.96. The zero-order valence-electron chi connectivity index (χ0n) is 8.79. The van der Waals surface area contributed by atoms with E-state index < -0.39 is 0 Å². The van der Waals surface area contributed by atoms with Crippen LogP contribution in [0.1, 0.15) is 40.0 Å². The fourth-order valence-corrected chi connectivity index (χ4v) is 1.09. The minimum Gasteiger partial charge on any atom is -0.353 e. The fourth-order valence-electron chi connectivity index (χ4n) is 1.09. The lowest BCUT2D eigenvalue weighted by molar-refractivity contribution is -0.163. The van der Waals surface area contributed by atoms with Crippen molar-refractivity contribution in [2.45, 2.75) is 52.4 Å². The van der Waals surface area contributed by atoms with E-state index in [1.165, 1.54) is 0 Å². The molecule has 13 heavy (non-hydrogen) atoms. The van der Waals surface area contributed by atoms with Crippen LogP contribution in [0.15, 0.2) is 0 Å². The molecule has 0 aliphatic carbocycles. The molecule has 3 heteroatoms. The summed E-state index contributed by atoms with van der Waals surface area (Å²) in [6.45, 7) is 6.42. The second-order valence-electron chi connectivity index (χ2n) is 2.98. The second kappa shape index (κ2) is 8.20. The summed E-state index contributed by atoms with van der Waals surface area (Å²) in [4.78, 5) is 10.6. The van der Waals surface area contributed by atoms with Gasteiger partial charge in [0.1, 0.15) is 12.4 Å². The number of aldehydes is 1. The van der Waals surface area contributed by atoms with Crippen LogP contribution in [-0.4, -0.2) is 25.3 Å². The van der Waals surface area contributed by atoms with E-state index in [2.05, 4.69) is 6.92 Å². The molecule has 2 atom stereocenters. The topological polar surface area (TPSA) is 35.5 Å². The molecular weight excluding hydrogens is 168 g/mol.